The highest BCUT2D eigenvalue weighted by molar-refractivity contribution is 5.95. The molecule has 0 unspecified atom stereocenters. The van der Waals surface area contributed by atoms with Crippen molar-refractivity contribution in [3.05, 3.63) is 23.8 Å². The molecule has 0 aromatic heterocycles. The van der Waals surface area contributed by atoms with Crippen LogP contribution in [-0.2, 0) is 0 Å². The Morgan fingerprint density at radius 2 is 1.96 bits per heavy atom. The lowest BCUT2D eigenvalue weighted by Gasteiger charge is -2.37. The minimum atomic E-state index is -0.110. The van der Waals surface area contributed by atoms with E-state index in [2.05, 4.69) is 10.2 Å². The van der Waals surface area contributed by atoms with Crippen LogP contribution in [0.25, 0.3) is 0 Å². The Hall–Kier alpha value is -1.75. The Bertz CT molecular complexity index is 615. The molecule has 2 heterocycles. The lowest BCUT2D eigenvalue weighted by molar-refractivity contribution is 0.0867. The number of hydrogen-bond acceptors (Lipinski definition) is 4. The smallest absolute Gasteiger partial charge is 0.251 e. The number of rotatable bonds is 5. The van der Waals surface area contributed by atoms with Gasteiger partial charge in [-0.2, -0.15) is 0 Å². The van der Waals surface area contributed by atoms with Crippen molar-refractivity contribution in [1.82, 2.24) is 10.2 Å². The number of piperidine rings is 1. The highest BCUT2D eigenvalue weighted by Crippen LogP contribution is 2.31. The minimum Gasteiger partial charge on any atom is -0.508 e. The SMILES string of the molecule is O=C(N[C@H]1CCCN2CCC[C@@H]12)c1cc(O)cc(OCC2CC2)c1. The van der Waals surface area contributed by atoms with Crippen molar-refractivity contribution in [2.75, 3.05) is 19.7 Å². The second-order valence-corrected chi connectivity index (χ2v) is 7.44. The predicted octanol–water partition coefficient (Wildman–Crippen LogP) is 2.54. The van der Waals surface area contributed by atoms with E-state index in [0.717, 1.165) is 25.9 Å². The molecule has 2 N–H and O–H groups in total. The van der Waals surface area contributed by atoms with Crippen molar-refractivity contribution in [2.24, 2.45) is 5.92 Å². The molecule has 3 aliphatic rings. The molecule has 130 valence electrons. The zero-order chi connectivity index (χ0) is 16.5. The minimum absolute atomic E-state index is 0.0829. The van der Waals surface area contributed by atoms with Crippen LogP contribution in [0.4, 0.5) is 0 Å². The molecule has 1 amide bonds. The van der Waals surface area contributed by atoms with Gasteiger partial charge in [-0.15, -0.1) is 0 Å². The molecule has 2 saturated heterocycles. The van der Waals surface area contributed by atoms with Crippen molar-refractivity contribution in [3.8, 4) is 11.5 Å². The maximum Gasteiger partial charge on any atom is 0.251 e. The molecule has 2 atom stereocenters. The van der Waals surface area contributed by atoms with E-state index >= 15 is 0 Å². The van der Waals surface area contributed by atoms with Crippen LogP contribution in [0.1, 0.15) is 48.9 Å². The average molecular weight is 330 g/mol. The fourth-order valence-corrected chi connectivity index (χ4v) is 4.01. The first-order valence-corrected chi connectivity index (χ1v) is 9.21. The molecule has 5 nitrogen and oxygen atoms in total. The lowest BCUT2D eigenvalue weighted by atomic mass is 9.96. The van der Waals surface area contributed by atoms with E-state index in [9.17, 15) is 9.90 Å². The van der Waals surface area contributed by atoms with Crippen LogP contribution >= 0.6 is 0 Å². The number of hydrogen-bond donors (Lipinski definition) is 2. The van der Waals surface area contributed by atoms with Gasteiger partial charge in [-0.05, 0) is 69.7 Å². The number of phenols is 1. The van der Waals surface area contributed by atoms with E-state index in [-0.39, 0.29) is 17.7 Å². The first kappa shape index (κ1) is 15.8. The zero-order valence-corrected chi connectivity index (χ0v) is 14.0. The summed E-state index contributed by atoms with van der Waals surface area (Å²) in [4.78, 5) is 15.2. The normalized spacial score (nSPS) is 26.8. The molecule has 0 spiro atoms. The third-order valence-corrected chi connectivity index (χ3v) is 5.49. The summed E-state index contributed by atoms with van der Waals surface area (Å²) >= 11 is 0. The second kappa shape index (κ2) is 6.63. The average Bonchev–Trinajstić information content (AvgIpc) is 3.27. The highest BCUT2D eigenvalue weighted by atomic mass is 16.5. The summed E-state index contributed by atoms with van der Waals surface area (Å²) in [6.07, 6.45) is 6.99. The van der Waals surface area contributed by atoms with E-state index < -0.39 is 0 Å². The second-order valence-electron chi connectivity index (χ2n) is 7.44. The monoisotopic (exact) mass is 330 g/mol. The van der Waals surface area contributed by atoms with Gasteiger partial charge in [-0.3, -0.25) is 9.69 Å². The number of phenolic OH excluding ortho intramolecular Hbond substituents is 1. The molecule has 0 radical (unpaired) electrons. The highest BCUT2D eigenvalue weighted by Gasteiger charge is 2.35. The fourth-order valence-electron chi connectivity index (χ4n) is 4.01. The molecular weight excluding hydrogens is 304 g/mol. The van der Waals surface area contributed by atoms with Crippen LogP contribution in [0.2, 0.25) is 0 Å². The van der Waals surface area contributed by atoms with Crippen LogP contribution < -0.4 is 10.1 Å². The molecule has 0 bridgehead atoms. The number of aromatic hydroxyl groups is 1. The van der Waals surface area contributed by atoms with Gasteiger partial charge in [0, 0.05) is 23.7 Å². The van der Waals surface area contributed by atoms with E-state index in [0.29, 0.717) is 29.9 Å². The molecule has 3 fully saturated rings. The first-order chi connectivity index (χ1) is 11.7. The standard InChI is InChI=1S/C19H26N2O3/c22-15-9-14(10-16(11-15)24-12-13-5-6-13)19(23)20-17-3-1-7-21-8-2-4-18(17)21/h9-11,13,17-18,22H,1-8,12H2,(H,20,23)/t17-,18-/m0/s1. The number of nitrogens with zero attached hydrogens (tertiary/aromatic N) is 1. The Morgan fingerprint density at radius 1 is 1.17 bits per heavy atom. The Morgan fingerprint density at radius 3 is 2.75 bits per heavy atom. The lowest BCUT2D eigenvalue weighted by Crippen LogP contribution is -2.52. The number of nitrogens with one attached hydrogen (secondary N) is 1. The van der Waals surface area contributed by atoms with Gasteiger partial charge in [-0.25, -0.2) is 0 Å². The van der Waals surface area contributed by atoms with Gasteiger partial charge in [-0.1, -0.05) is 0 Å². The van der Waals surface area contributed by atoms with Crippen LogP contribution in [0.3, 0.4) is 0 Å². The van der Waals surface area contributed by atoms with E-state index in [1.165, 1.54) is 31.7 Å². The van der Waals surface area contributed by atoms with Gasteiger partial charge in [0.1, 0.15) is 11.5 Å². The third-order valence-electron chi connectivity index (χ3n) is 5.49. The third kappa shape index (κ3) is 3.51. The van der Waals surface area contributed by atoms with Gasteiger partial charge < -0.3 is 15.2 Å². The first-order valence-electron chi connectivity index (χ1n) is 9.21. The largest absolute Gasteiger partial charge is 0.508 e. The van der Waals surface area contributed by atoms with Crippen molar-refractivity contribution < 1.29 is 14.6 Å². The zero-order valence-electron chi connectivity index (χ0n) is 14.0. The number of carbonyl (C=O) groups is 1. The van der Waals surface area contributed by atoms with Gasteiger partial charge in [0.25, 0.3) is 5.91 Å². The summed E-state index contributed by atoms with van der Waals surface area (Å²) in [6.45, 7) is 2.98. The number of carbonyl (C=O) groups excluding carboxylic acids is 1. The Labute approximate surface area is 143 Å². The van der Waals surface area contributed by atoms with Crippen LogP contribution in [0.5, 0.6) is 11.5 Å². The van der Waals surface area contributed by atoms with Crippen molar-refractivity contribution in [2.45, 2.75) is 50.6 Å². The number of amides is 1. The van der Waals surface area contributed by atoms with E-state index in [4.69, 9.17) is 4.74 Å². The maximum atomic E-state index is 12.7. The molecule has 1 saturated carbocycles. The molecule has 1 aliphatic carbocycles. The summed E-state index contributed by atoms with van der Waals surface area (Å²) in [5.74, 6) is 1.19. The van der Waals surface area contributed by atoms with Crippen LogP contribution in [-0.4, -0.2) is 47.7 Å². The molecule has 1 aromatic carbocycles. The van der Waals surface area contributed by atoms with Crippen LogP contribution in [0, 0.1) is 5.92 Å². The van der Waals surface area contributed by atoms with Crippen LogP contribution in [0.15, 0.2) is 18.2 Å². The van der Waals surface area contributed by atoms with Gasteiger partial charge in [0.15, 0.2) is 0 Å². The number of benzene rings is 1. The molecule has 2 aliphatic heterocycles. The van der Waals surface area contributed by atoms with Crippen molar-refractivity contribution in [1.29, 1.82) is 0 Å². The number of fused-ring (bicyclic) bond motifs is 1. The van der Waals surface area contributed by atoms with Crippen molar-refractivity contribution >= 4 is 5.91 Å². The summed E-state index contributed by atoms with van der Waals surface area (Å²) in [5, 5.41) is 13.1. The predicted molar refractivity (Wildman–Crippen MR) is 91.4 cm³/mol. The molecule has 24 heavy (non-hydrogen) atoms. The Balaban J connectivity index is 1.43. The van der Waals surface area contributed by atoms with Gasteiger partial charge in [0.2, 0.25) is 0 Å². The summed E-state index contributed by atoms with van der Waals surface area (Å²) < 4.78 is 5.71. The van der Waals surface area contributed by atoms with E-state index in [1.54, 1.807) is 12.1 Å². The van der Waals surface area contributed by atoms with E-state index in [1.807, 2.05) is 0 Å². The quantitative estimate of drug-likeness (QED) is 0.871. The van der Waals surface area contributed by atoms with Crippen molar-refractivity contribution in [3.63, 3.8) is 0 Å². The molecule has 1 aromatic rings. The molecular formula is C19H26N2O3. The topological polar surface area (TPSA) is 61.8 Å². The maximum absolute atomic E-state index is 12.7. The van der Waals surface area contributed by atoms with Gasteiger partial charge in [0.05, 0.1) is 6.61 Å². The molecule has 4 rings (SSSR count). The fraction of sp³-hybridized carbons (Fsp3) is 0.632. The summed E-state index contributed by atoms with van der Waals surface area (Å²) in [6, 6.07) is 5.54. The summed E-state index contributed by atoms with van der Waals surface area (Å²) in [7, 11) is 0. The number of ether oxygens (including phenoxy) is 1. The summed E-state index contributed by atoms with van der Waals surface area (Å²) in [5.41, 5.74) is 0.482. The Kier molecular flexibility index (Phi) is 4.35. The molecule has 5 heteroatoms. The van der Waals surface area contributed by atoms with Gasteiger partial charge >= 0.3 is 0 Å².